The molecule has 0 spiro atoms. The Morgan fingerprint density at radius 3 is 2.43 bits per heavy atom. The fourth-order valence-electron chi connectivity index (χ4n) is 3.83. The third kappa shape index (κ3) is 5.92. The van der Waals surface area contributed by atoms with Gasteiger partial charge in [0.05, 0.1) is 7.11 Å². The molecule has 0 radical (unpaired) electrons. The number of likely N-dealkylation sites (tertiary alicyclic amines) is 1. The number of Topliss-reactive ketones (excluding diaryl/α,β-unsaturated/α-hetero) is 1. The minimum Gasteiger partial charge on any atom is -0.497 e. The number of amides is 1. The van der Waals surface area contributed by atoms with Gasteiger partial charge in [-0.15, -0.1) is 0 Å². The molecule has 0 bridgehead atoms. The molecule has 0 atom stereocenters. The van der Waals surface area contributed by atoms with Gasteiger partial charge in [0.1, 0.15) is 5.75 Å². The van der Waals surface area contributed by atoms with E-state index in [2.05, 4.69) is 22.3 Å². The smallest absolute Gasteiger partial charge is 0.226 e. The van der Waals surface area contributed by atoms with Crippen molar-refractivity contribution in [1.29, 1.82) is 0 Å². The van der Waals surface area contributed by atoms with Gasteiger partial charge in [-0.3, -0.25) is 9.59 Å². The molecule has 1 N–H and O–H groups in total. The number of hydrogen-bond acceptors (Lipinski definition) is 4. The number of carbonyl (C=O) groups is 2. The highest BCUT2D eigenvalue weighted by Gasteiger charge is 2.21. The van der Waals surface area contributed by atoms with Crippen molar-refractivity contribution in [3.8, 4) is 5.75 Å². The number of methoxy groups -OCH3 is 1. The Morgan fingerprint density at radius 1 is 1.10 bits per heavy atom. The molecular weight excluding hydrogens is 376 g/mol. The molecule has 0 unspecified atom stereocenters. The van der Waals surface area contributed by atoms with Gasteiger partial charge in [0.2, 0.25) is 5.91 Å². The van der Waals surface area contributed by atoms with Crippen molar-refractivity contribution in [1.82, 2.24) is 4.90 Å². The third-order valence-electron chi connectivity index (χ3n) is 5.80. The molecule has 1 amide bonds. The SMILES string of the molecule is COc1ccc(C(=O)CCN2CCC(c3cccc(NC(=O)C(C)C)c3)CC2)cc1. The first-order valence-corrected chi connectivity index (χ1v) is 10.8. The lowest BCUT2D eigenvalue weighted by Gasteiger charge is -2.32. The van der Waals surface area contributed by atoms with Crippen LogP contribution < -0.4 is 10.1 Å². The fraction of sp³-hybridized carbons (Fsp3) is 0.440. The number of ether oxygens (including phenoxy) is 1. The number of rotatable bonds is 8. The Morgan fingerprint density at radius 2 is 1.80 bits per heavy atom. The molecule has 3 rings (SSSR count). The average Bonchev–Trinajstić information content (AvgIpc) is 2.78. The highest BCUT2D eigenvalue weighted by atomic mass is 16.5. The molecule has 0 aromatic heterocycles. The van der Waals surface area contributed by atoms with Gasteiger partial charge in [-0.1, -0.05) is 26.0 Å². The molecule has 1 saturated heterocycles. The van der Waals surface area contributed by atoms with Gasteiger partial charge in [0.25, 0.3) is 0 Å². The van der Waals surface area contributed by atoms with E-state index in [1.165, 1.54) is 5.56 Å². The number of anilines is 1. The first-order chi connectivity index (χ1) is 14.5. The lowest BCUT2D eigenvalue weighted by molar-refractivity contribution is -0.118. The topological polar surface area (TPSA) is 58.6 Å². The summed E-state index contributed by atoms with van der Waals surface area (Å²) in [5.74, 6) is 1.45. The zero-order chi connectivity index (χ0) is 21.5. The lowest BCUT2D eigenvalue weighted by Crippen LogP contribution is -2.34. The van der Waals surface area contributed by atoms with E-state index in [0.29, 0.717) is 12.3 Å². The van der Waals surface area contributed by atoms with Crippen LogP contribution in [0.2, 0.25) is 0 Å². The molecule has 160 valence electrons. The van der Waals surface area contributed by atoms with Crippen LogP contribution in [0.25, 0.3) is 0 Å². The largest absolute Gasteiger partial charge is 0.497 e. The van der Waals surface area contributed by atoms with Crippen molar-refractivity contribution in [3.63, 3.8) is 0 Å². The molecule has 2 aromatic rings. The molecule has 1 aliphatic heterocycles. The number of carbonyl (C=O) groups excluding carboxylic acids is 2. The Hall–Kier alpha value is -2.66. The second kappa shape index (κ2) is 10.4. The highest BCUT2D eigenvalue weighted by Crippen LogP contribution is 2.29. The van der Waals surface area contributed by atoms with Crippen LogP contribution in [-0.2, 0) is 4.79 Å². The summed E-state index contributed by atoms with van der Waals surface area (Å²) in [5.41, 5.74) is 2.90. The molecule has 1 heterocycles. The minimum atomic E-state index is -0.0301. The van der Waals surface area contributed by atoms with Gasteiger partial charge in [0.15, 0.2) is 5.78 Å². The Balaban J connectivity index is 1.47. The molecule has 5 heteroatoms. The normalized spacial score (nSPS) is 15.2. The van der Waals surface area contributed by atoms with Crippen LogP contribution in [-0.4, -0.2) is 43.3 Å². The molecule has 1 aliphatic rings. The van der Waals surface area contributed by atoms with E-state index in [0.717, 1.165) is 49.5 Å². The van der Waals surface area contributed by atoms with E-state index < -0.39 is 0 Å². The summed E-state index contributed by atoms with van der Waals surface area (Å²) >= 11 is 0. The third-order valence-corrected chi connectivity index (χ3v) is 5.80. The highest BCUT2D eigenvalue weighted by molar-refractivity contribution is 5.96. The number of piperidine rings is 1. The molecule has 0 saturated carbocycles. The van der Waals surface area contributed by atoms with E-state index in [1.54, 1.807) is 7.11 Å². The van der Waals surface area contributed by atoms with E-state index in [9.17, 15) is 9.59 Å². The van der Waals surface area contributed by atoms with E-state index >= 15 is 0 Å². The minimum absolute atomic E-state index is 0.0301. The van der Waals surface area contributed by atoms with Crippen LogP contribution in [0, 0.1) is 5.92 Å². The van der Waals surface area contributed by atoms with Crippen molar-refractivity contribution >= 4 is 17.4 Å². The van der Waals surface area contributed by atoms with Crippen LogP contribution in [0.1, 0.15) is 54.9 Å². The lowest BCUT2D eigenvalue weighted by atomic mass is 9.89. The molecular formula is C25H32N2O3. The maximum Gasteiger partial charge on any atom is 0.226 e. The van der Waals surface area contributed by atoms with Gasteiger partial charge in [-0.2, -0.15) is 0 Å². The fourth-order valence-corrected chi connectivity index (χ4v) is 3.83. The monoisotopic (exact) mass is 408 g/mol. The molecule has 30 heavy (non-hydrogen) atoms. The Labute approximate surface area is 179 Å². The number of hydrogen-bond donors (Lipinski definition) is 1. The summed E-state index contributed by atoms with van der Waals surface area (Å²) in [6.45, 7) is 6.57. The second-order valence-electron chi connectivity index (χ2n) is 8.29. The average molecular weight is 409 g/mol. The summed E-state index contributed by atoms with van der Waals surface area (Å²) in [5, 5.41) is 2.99. The zero-order valence-corrected chi connectivity index (χ0v) is 18.2. The Kier molecular flexibility index (Phi) is 7.63. The Bertz CT molecular complexity index is 853. The number of benzene rings is 2. The predicted octanol–water partition coefficient (Wildman–Crippen LogP) is 4.74. The molecule has 0 aliphatic carbocycles. The molecule has 2 aromatic carbocycles. The van der Waals surface area contributed by atoms with Crippen LogP contribution in [0.3, 0.4) is 0 Å². The van der Waals surface area contributed by atoms with Gasteiger partial charge in [-0.25, -0.2) is 0 Å². The summed E-state index contributed by atoms with van der Waals surface area (Å²) < 4.78 is 5.15. The van der Waals surface area contributed by atoms with E-state index in [1.807, 2.05) is 50.2 Å². The summed E-state index contributed by atoms with van der Waals surface area (Å²) in [4.78, 5) is 26.8. The number of ketones is 1. The summed E-state index contributed by atoms with van der Waals surface area (Å²) in [7, 11) is 1.62. The summed E-state index contributed by atoms with van der Waals surface area (Å²) in [6, 6.07) is 15.5. The van der Waals surface area contributed by atoms with Crippen molar-refractivity contribution in [2.75, 3.05) is 32.1 Å². The molecule has 5 nitrogen and oxygen atoms in total. The van der Waals surface area contributed by atoms with Crippen molar-refractivity contribution < 1.29 is 14.3 Å². The summed E-state index contributed by atoms with van der Waals surface area (Å²) in [6.07, 6.45) is 2.67. The van der Waals surface area contributed by atoms with Crippen LogP contribution in [0.15, 0.2) is 48.5 Å². The number of nitrogens with zero attached hydrogens (tertiary/aromatic N) is 1. The van der Waals surface area contributed by atoms with Crippen LogP contribution in [0.5, 0.6) is 5.75 Å². The number of nitrogens with one attached hydrogen (secondary N) is 1. The second-order valence-corrected chi connectivity index (χ2v) is 8.29. The maximum atomic E-state index is 12.4. The standard InChI is InChI=1S/C25H32N2O3/c1-18(2)25(29)26-22-6-4-5-21(17-22)19-11-14-27(15-12-19)16-13-24(28)20-7-9-23(30-3)10-8-20/h4-10,17-19H,11-16H2,1-3H3,(H,26,29). The van der Waals surface area contributed by atoms with Crippen LogP contribution in [0.4, 0.5) is 5.69 Å². The van der Waals surface area contributed by atoms with E-state index in [4.69, 9.17) is 4.74 Å². The van der Waals surface area contributed by atoms with Gasteiger partial charge < -0.3 is 15.0 Å². The van der Waals surface area contributed by atoms with Crippen molar-refractivity contribution in [3.05, 3.63) is 59.7 Å². The van der Waals surface area contributed by atoms with Crippen molar-refractivity contribution in [2.24, 2.45) is 5.92 Å². The maximum absolute atomic E-state index is 12.4. The predicted molar refractivity (Wildman–Crippen MR) is 120 cm³/mol. The van der Waals surface area contributed by atoms with E-state index in [-0.39, 0.29) is 17.6 Å². The first kappa shape index (κ1) is 22.0. The zero-order valence-electron chi connectivity index (χ0n) is 18.2. The van der Waals surface area contributed by atoms with Gasteiger partial charge in [0, 0.05) is 30.1 Å². The first-order valence-electron chi connectivity index (χ1n) is 10.8. The van der Waals surface area contributed by atoms with Crippen LogP contribution >= 0.6 is 0 Å². The van der Waals surface area contributed by atoms with Gasteiger partial charge in [-0.05, 0) is 73.8 Å². The van der Waals surface area contributed by atoms with Crippen molar-refractivity contribution in [2.45, 2.75) is 39.0 Å². The molecule has 1 fully saturated rings. The van der Waals surface area contributed by atoms with Gasteiger partial charge >= 0.3 is 0 Å². The quantitative estimate of drug-likeness (QED) is 0.641.